The Labute approximate surface area is 156 Å². The molecule has 4 nitrogen and oxygen atoms in total. The number of carbonyl (C=O) groups is 1. The van der Waals surface area contributed by atoms with Gasteiger partial charge in [0.15, 0.2) is 0 Å². The Bertz CT molecular complexity index is 582. The molecule has 1 aromatic rings. The molecule has 1 aromatic carbocycles. The number of unbranched alkanes of at least 4 members (excludes halogenated alkanes) is 5. The number of aliphatic hydroxyl groups is 1. The van der Waals surface area contributed by atoms with E-state index in [9.17, 15) is 9.90 Å². The summed E-state index contributed by atoms with van der Waals surface area (Å²) in [7, 11) is 0. The fraction of sp³-hybridized carbons (Fsp3) is 0.650. The van der Waals surface area contributed by atoms with Crippen LogP contribution in [0.2, 0.25) is 5.02 Å². The van der Waals surface area contributed by atoms with Crippen LogP contribution in [-0.4, -0.2) is 29.7 Å². The van der Waals surface area contributed by atoms with E-state index < -0.39 is 5.54 Å². The van der Waals surface area contributed by atoms with E-state index in [2.05, 4.69) is 13.0 Å². The van der Waals surface area contributed by atoms with Gasteiger partial charge in [0.25, 0.3) is 0 Å². The number of aliphatic hydroxyl groups excluding tert-OH is 1. The van der Waals surface area contributed by atoms with Gasteiger partial charge in [-0.3, -0.25) is 4.79 Å². The fourth-order valence-corrected chi connectivity index (χ4v) is 3.94. The van der Waals surface area contributed by atoms with Gasteiger partial charge in [-0.25, -0.2) is 0 Å². The second-order valence-corrected chi connectivity index (χ2v) is 7.69. The lowest BCUT2D eigenvalue weighted by Gasteiger charge is -2.24. The predicted molar refractivity (Wildman–Crippen MR) is 104 cm³/mol. The Morgan fingerprint density at radius 2 is 1.92 bits per heavy atom. The molecule has 1 saturated heterocycles. The lowest BCUT2D eigenvalue weighted by atomic mass is 10.0. The first kappa shape index (κ1) is 20.2. The Hall–Kier alpha value is -1.10. The highest BCUT2D eigenvalue weighted by molar-refractivity contribution is 6.34. The van der Waals surface area contributed by atoms with E-state index in [4.69, 9.17) is 17.3 Å². The molecule has 0 aliphatic carbocycles. The van der Waals surface area contributed by atoms with Crippen molar-refractivity contribution in [2.24, 2.45) is 5.73 Å². The molecule has 1 aliphatic rings. The zero-order chi connectivity index (χ0) is 18.4. The molecule has 5 heteroatoms. The molecular formula is C20H31ClN2O2. The summed E-state index contributed by atoms with van der Waals surface area (Å²) in [5.41, 5.74) is 7.76. The first-order valence-corrected chi connectivity index (χ1v) is 9.81. The Kier molecular flexibility index (Phi) is 7.29. The molecular weight excluding hydrogens is 336 g/mol. The maximum Gasteiger partial charge on any atom is 0.249 e. The number of benzene rings is 1. The minimum absolute atomic E-state index is 0.247. The van der Waals surface area contributed by atoms with Crippen molar-refractivity contribution >= 4 is 23.2 Å². The van der Waals surface area contributed by atoms with Crippen molar-refractivity contribution in [1.29, 1.82) is 0 Å². The van der Waals surface area contributed by atoms with Gasteiger partial charge in [-0.2, -0.15) is 0 Å². The van der Waals surface area contributed by atoms with E-state index in [1.54, 1.807) is 4.90 Å². The average molecular weight is 367 g/mol. The lowest BCUT2D eigenvalue weighted by Crippen LogP contribution is -2.51. The van der Waals surface area contributed by atoms with Crippen LogP contribution < -0.4 is 10.6 Å². The molecule has 1 fully saturated rings. The number of carbonyl (C=O) groups excluding carboxylic acids is 1. The third kappa shape index (κ3) is 4.75. The third-order valence-corrected chi connectivity index (χ3v) is 5.43. The zero-order valence-corrected chi connectivity index (χ0v) is 16.2. The van der Waals surface area contributed by atoms with Crippen LogP contribution in [0.5, 0.6) is 0 Å². The van der Waals surface area contributed by atoms with Gasteiger partial charge < -0.3 is 15.7 Å². The average Bonchev–Trinajstić information content (AvgIpc) is 2.87. The molecule has 0 spiro atoms. The van der Waals surface area contributed by atoms with Crippen molar-refractivity contribution in [3.05, 3.63) is 28.3 Å². The maximum atomic E-state index is 12.5. The summed E-state index contributed by atoms with van der Waals surface area (Å²) >= 11 is 6.50. The Balaban J connectivity index is 2.02. The molecule has 1 heterocycles. The van der Waals surface area contributed by atoms with E-state index in [-0.39, 0.29) is 12.5 Å². The number of anilines is 1. The van der Waals surface area contributed by atoms with Gasteiger partial charge in [-0.1, -0.05) is 56.7 Å². The van der Waals surface area contributed by atoms with E-state index in [0.717, 1.165) is 24.1 Å². The Morgan fingerprint density at radius 1 is 1.24 bits per heavy atom. The summed E-state index contributed by atoms with van der Waals surface area (Å²) in [6.45, 7) is 4.36. The van der Waals surface area contributed by atoms with Gasteiger partial charge in [-0.05, 0) is 43.4 Å². The van der Waals surface area contributed by atoms with Crippen molar-refractivity contribution in [2.45, 2.75) is 70.8 Å². The monoisotopic (exact) mass is 366 g/mol. The number of amides is 1. The molecule has 1 amide bonds. The summed E-state index contributed by atoms with van der Waals surface area (Å²) in [4.78, 5) is 14.2. The van der Waals surface area contributed by atoms with E-state index >= 15 is 0 Å². The normalized spacial score (nSPS) is 20.5. The highest BCUT2D eigenvalue weighted by Gasteiger charge is 2.44. The smallest absolute Gasteiger partial charge is 0.249 e. The predicted octanol–water partition coefficient (Wildman–Crippen LogP) is 3.98. The molecule has 0 radical (unpaired) electrons. The van der Waals surface area contributed by atoms with Crippen molar-refractivity contribution in [1.82, 2.24) is 0 Å². The zero-order valence-electron chi connectivity index (χ0n) is 15.5. The molecule has 1 aliphatic heterocycles. The van der Waals surface area contributed by atoms with Crippen molar-refractivity contribution in [3.63, 3.8) is 0 Å². The largest absolute Gasteiger partial charge is 0.394 e. The topological polar surface area (TPSA) is 66.6 Å². The first-order chi connectivity index (χ1) is 11.9. The summed E-state index contributed by atoms with van der Waals surface area (Å²) in [5, 5.41) is 10.0. The van der Waals surface area contributed by atoms with Gasteiger partial charge in [0.1, 0.15) is 5.54 Å². The minimum Gasteiger partial charge on any atom is -0.394 e. The minimum atomic E-state index is -1.17. The highest BCUT2D eigenvalue weighted by atomic mass is 35.5. The van der Waals surface area contributed by atoms with E-state index in [0.29, 0.717) is 18.0 Å². The van der Waals surface area contributed by atoms with Gasteiger partial charge in [0.05, 0.1) is 17.3 Å². The molecule has 2 rings (SSSR count). The van der Waals surface area contributed by atoms with Gasteiger partial charge in [-0.15, -0.1) is 0 Å². The quantitative estimate of drug-likeness (QED) is 0.649. The van der Waals surface area contributed by atoms with Crippen LogP contribution in [0.3, 0.4) is 0 Å². The standard InChI is InChI=1S/C20H31ClN2O2/c1-3-4-5-6-7-8-9-16-12-15(2)18(17(21)13-16)23-11-10-20(22,14-24)19(23)25/h12-13,24H,3-11,14,22H2,1-2H3. The number of nitrogens with two attached hydrogens (primary N) is 1. The molecule has 25 heavy (non-hydrogen) atoms. The molecule has 1 unspecified atom stereocenters. The summed E-state index contributed by atoms with van der Waals surface area (Å²) in [6, 6.07) is 4.09. The third-order valence-electron chi connectivity index (χ3n) is 5.14. The number of hydrogen-bond acceptors (Lipinski definition) is 3. The summed E-state index contributed by atoms with van der Waals surface area (Å²) < 4.78 is 0. The van der Waals surface area contributed by atoms with Crippen molar-refractivity contribution in [2.75, 3.05) is 18.1 Å². The number of aryl methyl sites for hydroxylation is 2. The first-order valence-electron chi connectivity index (χ1n) is 9.43. The highest BCUT2D eigenvalue weighted by Crippen LogP contribution is 2.36. The van der Waals surface area contributed by atoms with Gasteiger partial charge in [0.2, 0.25) is 5.91 Å². The molecule has 0 aromatic heterocycles. The molecule has 140 valence electrons. The number of hydrogen-bond donors (Lipinski definition) is 2. The SMILES string of the molecule is CCCCCCCCc1cc(C)c(N2CCC(N)(CO)C2=O)c(Cl)c1. The number of halogens is 1. The van der Waals surface area contributed by atoms with Crippen LogP contribution in [0, 0.1) is 6.92 Å². The molecule has 1 atom stereocenters. The maximum absolute atomic E-state index is 12.5. The molecule has 0 saturated carbocycles. The van der Waals surface area contributed by atoms with E-state index in [1.165, 1.54) is 37.7 Å². The van der Waals surface area contributed by atoms with Crippen LogP contribution in [0.1, 0.15) is 63.0 Å². The van der Waals surface area contributed by atoms with Crippen LogP contribution in [0.25, 0.3) is 0 Å². The fourth-order valence-electron chi connectivity index (χ4n) is 3.55. The second-order valence-electron chi connectivity index (χ2n) is 7.28. The van der Waals surface area contributed by atoms with Crippen LogP contribution in [0.15, 0.2) is 12.1 Å². The number of nitrogens with zero attached hydrogens (tertiary/aromatic N) is 1. The van der Waals surface area contributed by atoms with Crippen molar-refractivity contribution < 1.29 is 9.90 Å². The molecule has 3 N–H and O–H groups in total. The van der Waals surface area contributed by atoms with Crippen molar-refractivity contribution in [3.8, 4) is 0 Å². The van der Waals surface area contributed by atoms with Crippen LogP contribution in [0.4, 0.5) is 5.69 Å². The summed E-state index contributed by atoms with van der Waals surface area (Å²) in [5.74, 6) is -0.247. The van der Waals surface area contributed by atoms with E-state index in [1.807, 2.05) is 13.0 Å². The molecule has 0 bridgehead atoms. The lowest BCUT2D eigenvalue weighted by molar-refractivity contribution is -0.122. The second kappa shape index (κ2) is 9.02. The van der Waals surface area contributed by atoms with Gasteiger partial charge >= 0.3 is 0 Å². The Morgan fingerprint density at radius 3 is 2.52 bits per heavy atom. The van der Waals surface area contributed by atoms with Crippen LogP contribution in [-0.2, 0) is 11.2 Å². The summed E-state index contributed by atoms with van der Waals surface area (Å²) in [6.07, 6.45) is 9.06. The van der Waals surface area contributed by atoms with Crippen LogP contribution >= 0.6 is 11.6 Å². The number of rotatable bonds is 9. The van der Waals surface area contributed by atoms with Gasteiger partial charge in [0, 0.05) is 6.54 Å².